The molecule has 7 heteroatoms. The lowest BCUT2D eigenvalue weighted by Crippen LogP contribution is -2.15. The van der Waals surface area contributed by atoms with Gasteiger partial charge in [-0.1, -0.05) is 18.2 Å². The number of rotatable bonds is 3. The van der Waals surface area contributed by atoms with Crippen LogP contribution in [0.25, 0.3) is 11.1 Å². The molecule has 0 amide bonds. The molecule has 21 heavy (non-hydrogen) atoms. The molecule has 0 aliphatic carbocycles. The van der Waals surface area contributed by atoms with Crippen molar-refractivity contribution >= 4 is 22.5 Å². The quantitative estimate of drug-likeness (QED) is 0.451. The molecule has 106 valence electrons. The van der Waals surface area contributed by atoms with Crippen molar-refractivity contribution in [1.82, 2.24) is 4.57 Å². The molecule has 2 N–H and O–H groups in total. The van der Waals surface area contributed by atoms with Crippen LogP contribution in [0.1, 0.15) is 5.56 Å². The summed E-state index contributed by atoms with van der Waals surface area (Å²) in [4.78, 5) is 22.1. The van der Waals surface area contributed by atoms with Gasteiger partial charge in [0.1, 0.15) is 5.52 Å². The second-order valence-electron chi connectivity index (χ2n) is 4.57. The van der Waals surface area contributed by atoms with E-state index in [-0.39, 0.29) is 12.2 Å². The van der Waals surface area contributed by atoms with E-state index in [2.05, 4.69) is 0 Å². The molecule has 0 fully saturated rings. The Morgan fingerprint density at radius 3 is 2.57 bits per heavy atom. The monoisotopic (exact) mass is 285 g/mol. The number of nitrogens with zero attached hydrogens (tertiary/aromatic N) is 2. The van der Waals surface area contributed by atoms with Crippen molar-refractivity contribution in [1.29, 1.82) is 0 Å². The molecule has 0 aliphatic heterocycles. The van der Waals surface area contributed by atoms with Gasteiger partial charge in [-0.3, -0.25) is 14.7 Å². The van der Waals surface area contributed by atoms with Crippen LogP contribution in [0.5, 0.6) is 0 Å². The smallest absolute Gasteiger partial charge is 0.408 e. The molecule has 7 nitrogen and oxygen atoms in total. The minimum absolute atomic E-state index is 0.00247. The third kappa shape index (κ3) is 2.25. The van der Waals surface area contributed by atoms with Crippen molar-refractivity contribution in [3.8, 4) is 0 Å². The van der Waals surface area contributed by atoms with Crippen molar-refractivity contribution in [2.24, 2.45) is 0 Å². The zero-order chi connectivity index (χ0) is 15.0. The van der Waals surface area contributed by atoms with Crippen LogP contribution < -0.4 is 11.5 Å². The van der Waals surface area contributed by atoms with Gasteiger partial charge in [0.25, 0.3) is 5.69 Å². The van der Waals surface area contributed by atoms with Gasteiger partial charge >= 0.3 is 5.76 Å². The second kappa shape index (κ2) is 4.78. The third-order valence-corrected chi connectivity index (χ3v) is 3.21. The van der Waals surface area contributed by atoms with Gasteiger partial charge in [0.05, 0.1) is 17.2 Å². The first-order chi connectivity index (χ1) is 10.1. The number of fused-ring (bicyclic) bond motifs is 1. The van der Waals surface area contributed by atoms with Crippen LogP contribution in [-0.2, 0) is 6.54 Å². The van der Waals surface area contributed by atoms with E-state index in [4.69, 9.17) is 10.2 Å². The predicted octanol–water partition coefficient (Wildman–Crippen LogP) is 2.13. The summed E-state index contributed by atoms with van der Waals surface area (Å²) in [6.07, 6.45) is 0. The summed E-state index contributed by atoms with van der Waals surface area (Å²) in [7, 11) is 0. The van der Waals surface area contributed by atoms with E-state index in [1.165, 1.54) is 16.7 Å². The van der Waals surface area contributed by atoms with Gasteiger partial charge in [-0.25, -0.2) is 4.79 Å². The average molecular weight is 285 g/mol. The van der Waals surface area contributed by atoms with Crippen LogP contribution in [-0.4, -0.2) is 9.49 Å². The van der Waals surface area contributed by atoms with Gasteiger partial charge in [0.2, 0.25) is 0 Å². The van der Waals surface area contributed by atoms with Gasteiger partial charge in [-0.15, -0.1) is 0 Å². The minimum Gasteiger partial charge on any atom is -0.408 e. The van der Waals surface area contributed by atoms with Crippen LogP contribution >= 0.6 is 0 Å². The molecule has 0 saturated heterocycles. The van der Waals surface area contributed by atoms with E-state index in [0.717, 1.165) is 5.56 Å². The Balaban J connectivity index is 2.04. The molecular weight excluding hydrogens is 274 g/mol. The van der Waals surface area contributed by atoms with Gasteiger partial charge in [0.15, 0.2) is 5.58 Å². The van der Waals surface area contributed by atoms with Crippen LogP contribution in [0.2, 0.25) is 0 Å². The van der Waals surface area contributed by atoms with Crippen molar-refractivity contribution in [3.63, 3.8) is 0 Å². The minimum atomic E-state index is -0.513. The molecule has 0 aliphatic rings. The fourth-order valence-electron chi connectivity index (χ4n) is 2.20. The number of para-hydroxylation sites is 1. The van der Waals surface area contributed by atoms with Crippen molar-refractivity contribution in [2.75, 3.05) is 5.73 Å². The summed E-state index contributed by atoms with van der Waals surface area (Å²) in [6.45, 7) is 0.234. The SMILES string of the molecule is Nc1cccc2oc(=O)n(Cc3ccc([N+](=O)[O-])cc3)c12. The van der Waals surface area contributed by atoms with Crippen LogP contribution in [0, 0.1) is 10.1 Å². The number of nitrogen functional groups attached to an aromatic ring is 1. The zero-order valence-electron chi connectivity index (χ0n) is 10.9. The maximum absolute atomic E-state index is 11.9. The van der Waals surface area contributed by atoms with Crippen LogP contribution in [0.4, 0.5) is 11.4 Å². The Bertz CT molecular complexity index is 877. The summed E-state index contributed by atoms with van der Waals surface area (Å²) in [6, 6.07) is 11.0. The molecule has 3 aromatic rings. The first-order valence-corrected chi connectivity index (χ1v) is 6.17. The molecule has 0 atom stereocenters. The lowest BCUT2D eigenvalue weighted by molar-refractivity contribution is -0.384. The van der Waals surface area contributed by atoms with Crippen molar-refractivity contribution in [3.05, 3.63) is 68.7 Å². The largest absolute Gasteiger partial charge is 0.420 e. The molecule has 1 aromatic heterocycles. The second-order valence-corrected chi connectivity index (χ2v) is 4.57. The van der Waals surface area contributed by atoms with E-state index < -0.39 is 10.7 Å². The normalized spacial score (nSPS) is 10.9. The van der Waals surface area contributed by atoms with Crippen LogP contribution in [0.3, 0.4) is 0 Å². The topological polar surface area (TPSA) is 104 Å². The van der Waals surface area contributed by atoms with Gasteiger partial charge in [-0.2, -0.15) is 0 Å². The Kier molecular flexibility index (Phi) is 2.94. The standard InChI is InChI=1S/C14H11N3O4/c15-11-2-1-3-12-13(11)16(14(18)21-12)8-9-4-6-10(7-5-9)17(19)20/h1-7H,8,15H2. The number of nitrogens with two attached hydrogens (primary N) is 1. The first-order valence-electron chi connectivity index (χ1n) is 6.17. The zero-order valence-corrected chi connectivity index (χ0v) is 10.9. The maximum Gasteiger partial charge on any atom is 0.420 e. The van der Waals surface area contributed by atoms with Gasteiger partial charge in [0, 0.05) is 12.1 Å². The van der Waals surface area contributed by atoms with Crippen molar-refractivity contribution in [2.45, 2.75) is 6.54 Å². The summed E-state index contributed by atoms with van der Waals surface area (Å²) >= 11 is 0. The van der Waals surface area contributed by atoms with E-state index in [0.29, 0.717) is 16.8 Å². The molecule has 1 heterocycles. The number of aromatic nitrogens is 1. The summed E-state index contributed by atoms with van der Waals surface area (Å²) in [5.74, 6) is -0.513. The molecule has 0 saturated carbocycles. The highest BCUT2D eigenvalue weighted by Crippen LogP contribution is 2.21. The number of nitro benzene ring substituents is 1. The Morgan fingerprint density at radius 2 is 1.90 bits per heavy atom. The summed E-state index contributed by atoms with van der Waals surface area (Å²) in [5, 5.41) is 10.6. The van der Waals surface area contributed by atoms with E-state index >= 15 is 0 Å². The molecule has 0 unspecified atom stereocenters. The number of hydrogen-bond acceptors (Lipinski definition) is 5. The Morgan fingerprint density at radius 1 is 1.19 bits per heavy atom. The van der Waals surface area contributed by atoms with Crippen LogP contribution in [0.15, 0.2) is 51.7 Å². The Hall–Kier alpha value is -3.09. The van der Waals surface area contributed by atoms with E-state index in [1.54, 1.807) is 30.3 Å². The average Bonchev–Trinajstić information content (AvgIpc) is 2.77. The number of nitro groups is 1. The lowest BCUT2D eigenvalue weighted by Gasteiger charge is -2.04. The maximum atomic E-state index is 11.9. The predicted molar refractivity (Wildman–Crippen MR) is 77.1 cm³/mol. The number of oxazole rings is 1. The van der Waals surface area contributed by atoms with Gasteiger partial charge < -0.3 is 10.2 Å². The molecule has 3 rings (SSSR count). The molecule has 0 radical (unpaired) electrons. The number of non-ortho nitro benzene ring substituents is 1. The third-order valence-electron chi connectivity index (χ3n) is 3.21. The fourth-order valence-corrected chi connectivity index (χ4v) is 2.20. The van der Waals surface area contributed by atoms with Crippen molar-refractivity contribution < 1.29 is 9.34 Å². The highest BCUT2D eigenvalue weighted by molar-refractivity contribution is 5.85. The molecule has 0 spiro atoms. The van der Waals surface area contributed by atoms with E-state index in [1.807, 2.05) is 0 Å². The van der Waals surface area contributed by atoms with Gasteiger partial charge in [-0.05, 0) is 17.7 Å². The van der Waals surface area contributed by atoms with E-state index in [9.17, 15) is 14.9 Å². The number of anilines is 1. The number of hydrogen-bond donors (Lipinski definition) is 1. The first kappa shape index (κ1) is 12.9. The molecular formula is C14H11N3O4. The summed E-state index contributed by atoms with van der Waals surface area (Å²) < 4.78 is 6.54. The Labute approximate surface area is 118 Å². The molecule has 0 bridgehead atoms. The number of benzene rings is 2. The molecule has 2 aromatic carbocycles. The fraction of sp³-hybridized carbons (Fsp3) is 0.0714. The highest BCUT2D eigenvalue weighted by atomic mass is 16.6. The highest BCUT2D eigenvalue weighted by Gasteiger charge is 2.12. The summed E-state index contributed by atoms with van der Waals surface area (Å²) in [5.41, 5.74) is 8.02. The lowest BCUT2D eigenvalue weighted by atomic mass is 10.2.